The van der Waals surface area contributed by atoms with Crippen LogP contribution in [0.3, 0.4) is 0 Å². The van der Waals surface area contributed by atoms with Gasteiger partial charge in [-0.3, -0.25) is 4.79 Å². The first-order chi connectivity index (χ1) is 17.6. The number of dihydropyridines is 1. The third-order valence-electron chi connectivity index (χ3n) is 6.75. The predicted molar refractivity (Wildman–Crippen MR) is 142 cm³/mol. The molecule has 1 heterocycles. The molecule has 6 nitrogen and oxygen atoms in total. The lowest BCUT2D eigenvalue weighted by molar-refractivity contribution is -0.140. The maximum atomic E-state index is 14.1. The second kappa shape index (κ2) is 11.1. The van der Waals surface area contributed by atoms with Crippen LogP contribution in [0.15, 0.2) is 63.4 Å². The van der Waals surface area contributed by atoms with Crippen molar-refractivity contribution in [3.05, 3.63) is 80.4 Å². The van der Waals surface area contributed by atoms with E-state index >= 15 is 0 Å². The second-order valence-electron chi connectivity index (χ2n) is 9.80. The Bertz CT molecular complexity index is 1300. The molecule has 2 aliphatic rings. The monoisotopic (exact) mass is 571 g/mol. The van der Waals surface area contributed by atoms with Gasteiger partial charge >= 0.3 is 5.97 Å². The number of halogens is 2. The summed E-state index contributed by atoms with van der Waals surface area (Å²) in [7, 11) is 3.16. The first-order valence-corrected chi connectivity index (χ1v) is 13.0. The van der Waals surface area contributed by atoms with Crippen molar-refractivity contribution in [3.63, 3.8) is 0 Å². The minimum absolute atomic E-state index is 0.0689. The van der Waals surface area contributed by atoms with E-state index in [1.807, 2.05) is 39.0 Å². The fourth-order valence-electron chi connectivity index (χ4n) is 5.00. The molecule has 37 heavy (non-hydrogen) atoms. The number of hydrogen-bond donors (Lipinski definition) is 1. The van der Waals surface area contributed by atoms with Gasteiger partial charge in [0, 0.05) is 29.3 Å². The lowest BCUT2D eigenvalue weighted by atomic mass is 9.71. The number of ether oxygens (including phenoxy) is 3. The molecule has 4 rings (SSSR count). The number of methoxy groups -OCH3 is 2. The molecule has 2 aromatic rings. The van der Waals surface area contributed by atoms with Crippen molar-refractivity contribution in [2.24, 2.45) is 5.92 Å². The number of benzene rings is 2. The van der Waals surface area contributed by atoms with Crippen LogP contribution in [0.25, 0.3) is 0 Å². The Morgan fingerprint density at radius 2 is 1.78 bits per heavy atom. The highest BCUT2D eigenvalue weighted by Crippen LogP contribution is 2.47. The van der Waals surface area contributed by atoms with Gasteiger partial charge in [0.05, 0.1) is 30.9 Å². The van der Waals surface area contributed by atoms with Crippen molar-refractivity contribution < 1.29 is 28.2 Å². The van der Waals surface area contributed by atoms with Crippen LogP contribution >= 0.6 is 15.9 Å². The SMILES string of the molecule is COc1ccc(C2CC(=O)C3=C(C2)NC(C)=C(C(=O)OCC(C)C)C3c2ccc(F)c(Br)c2)cc1OC. The van der Waals surface area contributed by atoms with Gasteiger partial charge in [-0.2, -0.15) is 0 Å². The molecular weight excluding hydrogens is 541 g/mol. The molecule has 0 radical (unpaired) electrons. The summed E-state index contributed by atoms with van der Waals surface area (Å²) in [6.45, 7) is 5.99. The molecular formula is C29H31BrFNO5. The highest BCUT2D eigenvalue weighted by atomic mass is 79.9. The molecule has 2 atom stereocenters. The third kappa shape index (κ3) is 5.44. The molecule has 8 heteroatoms. The molecule has 0 spiro atoms. The van der Waals surface area contributed by atoms with E-state index in [9.17, 15) is 14.0 Å². The normalized spacial score (nSPS) is 19.5. The van der Waals surface area contributed by atoms with Crippen molar-refractivity contribution >= 4 is 27.7 Å². The van der Waals surface area contributed by atoms with Crippen molar-refractivity contribution in [1.29, 1.82) is 0 Å². The van der Waals surface area contributed by atoms with Crippen LogP contribution in [-0.4, -0.2) is 32.6 Å². The largest absolute Gasteiger partial charge is 0.493 e. The van der Waals surface area contributed by atoms with E-state index in [0.29, 0.717) is 40.3 Å². The number of nitrogens with one attached hydrogen (secondary N) is 1. The molecule has 0 saturated heterocycles. The summed E-state index contributed by atoms with van der Waals surface area (Å²) in [6.07, 6.45) is 0.837. The fourth-order valence-corrected chi connectivity index (χ4v) is 5.39. The van der Waals surface area contributed by atoms with E-state index in [1.54, 1.807) is 26.4 Å². The van der Waals surface area contributed by atoms with E-state index in [2.05, 4.69) is 21.2 Å². The molecule has 0 aromatic heterocycles. The van der Waals surface area contributed by atoms with E-state index in [4.69, 9.17) is 14.2 Å². The summed E-state index contributed by atoms with van der Waals surface area (Å²) in [5.41, 5.74) is 3.89. The first kappa shape index (κ1) is 26.9. The van der Waals surface area contributed by atoms with E-state index in [1.165, 1.54) is 6.07 Å². The highest BCUT2D eigenvalue weighted by molar-refractivity contribution is 9.10. The van der Waals surface area contributed by atoms with Gasteiger partial charge in [0.2, 0.25) is 0 Å². The molecule has 196 valence electrons. The Balaban J connectivity index is 1.77. The van der Waals surface area contributed by atoms with Crippen LogP contribution in [0.4, 0.5) is 4.39 Å². The van der Waals surface area contributed by atoms with Crippen LogP contribution in [0.5, 0.6) is 11.5 Å². The number of esters is 1. The minimum atomic E-state index is -0.660. The fraction of sp³-hybridized carbons (Fsp3) is 0.379. The lowest BCUT2D eigenvalue weighted by Crippen LogP contribution is -2.36. The van der Waals surface area contributed by atoms with Crippen LogP contribution in [0.2, 0.25) is 0 Å². The lowest BCUT2D eigenvalue weighted by Gasteiger charge is -2.37. The van der Waals surface area contributed by atoms with E-state index < -0.39 is 17.7 Å². The van der Waals surface area contributed by atoms with Crippen LogP contribution < -0.4 is 14.8 Å². The Morgan fingerprint density at radius 3 is 2.43 bits per heavy atom. The van der Waals surface area contributed by atoms with Gasteiger partial charge in [0.1, 0.15) is 5.82 Å². The summed E-state index contributed by atoms with van der Waals surface area (Å²) in [5, 5.41) is 3.34. The van der Waals surface area contributed by atoms with Gasteiger partial charge in [-0.15, -0.1) is 0 Å². The number of hydrogen-bond acceptors (Lipinski definition) is 6. The van der Waals surface area contributed by atoms with Gasteiger partial charge in [-0.05, 0) is 76.5 Å². The summed E-state index contributed by atoms with van der Waals surface area (Å²) >= 11 is 3.26. The average Bonchev–Trinajstić information content (AvgIpc) is 2.87. The zero-order valence-electron chi connectivity index (χ0n) is 21.6. The molecule has 2 unspecified atom stereocenters. The molecule has 1 aliphatic heterocycles. The second-order valence-corrected chi connectivity index (χ2v) is 10.7. The maximum absolute atomic E-state index is 14.1. The molecule has 0 saturated carbocycles. The van der Waals surface area contributed by atoms with Gasteiger partial charge < -0.3 is 19.5 Å². The smallest absolute Gasteiger partial charge is 0.336 e. The van der Waals surface area contributed by atoms with Gasteiger partial charge in [0.25, 0.3) is 0 Å². The van der Waals surface area contributed by atoms with Gasteiger partial charge in [0.15, 0.2) is 17.3 Å². The highest BCUT2D eigenvalue weighted by Gasteiger charge is 2.41. The zero-order chi connectivity index (χ0) is 26.9. The topological polar surface area (TPSA) is 73.9 Å². The first-order valence-electron chi connectivity index (χ1n) is 12.2. The average molecular weight is 572 g/mol. The Kier molecular flexibility index (Phi) is 8.07. The van der Waals surface area contributed by atoms with Crippen molar-refractivity contribution in [3.8, 4) is 11.5 Å². The standard InChI is InChI=1S/C29H31BrFNO5/c1-15(2)14-37-29(34)26-16(3)32-22-11-19(17-7-9-24(35-4)25(13-17)36-5)12-23(33)28(22)27(26)18-6-8-21(31)20(30)10-18/h6-10,13,15,19,27,32H,11-12,14H2,1-5H3. The van der Waals surface area contributed by atoms with Crippen LogP contribution in [0.1, 0.15) is 56.6 Å². The number of ketones is 1. The summed E-state index contributed by atoms with van der Waals surface area (Å²) in [4.78, 5) is 27.0. The number of allylic oxidation sites excluding steroid dienone is 3. The van der Waals surface area contributed by atoms with E-state index in [0.717, 1.165) is 11.3 Å². The van der Waals surface area contributed by atoms with Crippen molar-refractivity contribution in [2.75, 3.05) is 20.8 Å². The quantitative estimate of drug-likeness (QED) is 0.401. The number of rotatable bonds is 7. The Morgan fingerprint density at radius 1 is 1.08 bits per heavy atom. The Hall–Kier alpha value is -3.13. The number of carbonyl (C=O) groups is 2. The zero-order valence-corrected chi connectivity index (χ0v) is 23.2. The minimum Gasteiger partial charge on any atom is -0.493 e. The number of carbonyl (C=O) groups excluding carboxylic acids is 2. The molecule has 0 amide bonds. The van der Waals surface area contributed by atoms with Gasteiger partial charge in [-0.1, -0.05) is 26.0 Å². The number of Topliss-reactive ketones (excluding diaryl/α,β-unsaturated/α-hetero) is 1. The van der Waals surface area contributed by atoms with E-state index in [-0.39, 0.29) is 35.1 Å². The summed E-state index contributed by atoms with van der Waals surface area (Å²) < 4.78 is 30.8. The molecule has 1 N–H and O–H groups in total. The predicted octanol–water partition coefficient (Wildman–Crippen LogP) is 6.17. The summed E-state index contributed by atoms with van der Waals surface area (Å²) in [6, 6.07) is 10.3. The molecule has 2 aromatic carbocycles. The summed E-state index contributed by atoms with van der Waals surface area (Å²) in [5.74, 6) is -0.328. The molecule has 0 bridgehead atoms. The third-order valence-corrected chi connectivity index (χ3v) is 7.36. The van der Waals surface area contributed by atoms with Crippen molar-refractivity contribution in [1.82, 2.24) is 5.32 Å². The van der Waals surface area contributed by atoms with Gasteiger partial charge in [-0.25, -0.2) is 9.18 Å². The molecule has 0 fully saturated rings. The Labute approximate surface area is 225 Å². The van der Waals surface area contributed by atoms with Crippen molar-refractivity contribution in [2.45, 2.75) is 45.4 Å². The van der Waals surface area contributed by atoms with Crippen LogP contribution in [0, 0.1) is 11.7 Å². The maximum Gasteiger partial charge on any atom is 0.336 e. The van der Waals surface area contributed by atoms with Crippen LogP contribution in [-0.2, 0) is 14.3 Å². The molecule has 1 aliphatic carbocycles.